The standard InChI is InChI=1S/C18H21F2N/c1-11(2)21-10-15-6-5-14(9-16(15)19)18-13(4)7-12(3)8-17(18)20/h5-9,11,21H,10H2,1-4H3. The van der Waals surface area contributed by atoms with Crippen molar-refractivity contribution < 1.29 is 8.78 Å². The van der Waals surface area contributed by atoms with E-state index in [-0.39, 0.29) is 11.6 Å². The minimum absolute atomic E-state index is 0.292. The molecule has 0 amide bonds. The zero-order valence-electron chi connectivity index (χ0n) is 12.9. The van der Waals surface area contributed by atoms with E-state index in [1.165, 1.54) is 12.1 Å². The number of hydrogen-bond acceptors (Lipinski definition) is 1. The van der Waals surface area contributed by atoms with Crippen LogP contribution in [0, 0.1) is 25.5 Å². The molecule has 2 aromatic carbocycles. The monoisotopic (exact) mass is 289 g/mol. The maximum Gasteiger partial charge on any atom is 0.131 e. The Labute approximate surface area is 125 Å². The molecule has 3 heteroatoms. The van der Waals surface area contributed by atoms with Gasteiger partial charge in [0.2, 0.25) is 0 Å². The number of benzene rings is 2. The molecule has 0 aliphatic rings. The van der Waals surface area contributed by atoms with Crippen LogP contribution >= 0.6 is 0 Å². The van der Waals surface area contributed by atoms with E-state index in [0.29, 0.717) is 29.3 Å². The average Bonchev–Trinajstić information content (AvgIpc) is 2.36. The fourth-order valence-electron chi connectivity index (χ4n) is 2.44. The van der Waals surface area contributed by atoms with Gasteiger partial charge >= 0.3 is 0 Å². The van der Waals surface area contributed by atoms with E-state index in [0.717, 1.165) is 11.1 Å². The fourth-order valence-corrected chi connectivity index (χ4v) is 2.44. The molecule has 0 aromatic heterocycles. The van der Waals surface area contributed by atoms with Gasteiger partial charge in [0, 0.05) is 23.7 Å². The van der Waals surface area contributed by atoms with Crippen LogP contribution in [-0.4, -0.2) is 6.04 Å². The van der Waals surface area contributed by atoms with E-state index in [2.05, 4.69) is 5.32 Å². The predicted molar refractivity (Wildman–Crippen MR) is 83.2 cm³/mol. The molecule has 0 spiro atoms. The van der Waals surface area contributed by atoms with Gasteiger partial charge in [0.05, 0.1) is 0 Å². The van der Waals surface area contributed by atoms with Crippen LogP contribution in [0.4, 0.5) is 8.78 Å². The summed E-state index contributed by atoms with van der Waals surface area (Å²) in [4.78, 5) is 0. The third-order valence-corrected chi connectivity index (χ3v) is 3.47. The highest BCUT2D eigenvalue weighted by Crippen LogP contribution is 2.29. The number of aryl methyl sites for hydroxylation is 2. The van der Waals surface area contributed by atoms with Gasteiger partial charge < -0.3 is 5.32 Å². The van der Waals surface area contributed by atoms with E-state index in [4.69, 9.17) is 0 Å². The van der Waals surface area contributed by atoms with Gasteiger partial charge in [-0.15, -0.1) is 0 Å². The summed E-state index contributed by atoms with van der Waals surface area (Å²) in [5.74, 6) is -0.611. The van der Waals surface area contributed by atoms with E-state index >= 15 is 0 Å². The van der Waals surface area contributed by atoms with Gasteiger partial charge in [0.1, 0.15) is 11.6 Å². The molecule has 0 saturated carbocycles. The molecule has 2 aromatic rings. The van der Waals surface area contributed by atoms with Crippen molar-refractivity contribution in [3.05, 3.63) is 58.7 Å². The second-order valence-corrected chi connectivity index (χ2v) is 5.78. The van der Waals surface area contributed by atoms with Crippen LogP contribution in [-0.2, 0) is 6.54 Å². The highest BCUT2D eigenvalue weighted by Gasteiger charge is 2.12. The summed E-state index contributed by atoms with van der Waals surface area (Å²) in [6.07, 6.45) is 0. The summed E-state index contributed by atoms with van der Waals surface area (Å²) in [7, 11) is 0. The molecule has 21 heavy (non-hydrogen) atoms. The van der Waals surface area contributed by atoms with Gasteiger partial charge in [-0.1, -0.05) is 32.0 Å². The lowest BCUT2D eigenvalue weighted by atomic mass is 9.97. The van der Waals surface area contributed by atoms with E-state index < -0.39 is 0 Å². The summed E-state index contributed by atoms with van der Waals surface area (Å²) < 4.78 is 28.3. The first-order valence-electron chi connectivity index (χ1n) is 7.17. The van der Waals surface area contributed by atoms with Crippen LogP contribution in [0.25, 0.3) is 11.1 Å². The molecule has 0 bridgehead atoms. The molecule has 0 saturated heterocycles. The van der Waals surface area contributed by atoms with E-state index in [9.17, 15) is 8.78 Å². The molecule has 0 aliphatic heterocycles. The fraction of sp³-hybridized carbons (Fsp3) is 0.333. The summed E-state index contributed by atoms with van der Waals surface area (Å²) in [5, 5.41) is 3.18. The van der Waals surface area contributed by atoms with Crippen LogP contribution in [0.5, 0.6) is 0 Å². The second-order valence-electron chi connectivity index (χ2n) is 5.78. The molecule has 0 aliphatic carbocycles. The topological polar surface area (TPSA) is 12.0 Å². The minimum Gasteiger partial charge on any atom is -0.310 e. The highest BCUT2D eigenvalue weighted by atomic mass is 19.1. The molecule has 0 heterocycles. The molecule has 1 N–H and O–H groups in total. The molecule has 1 nitrogen and oxygen atoms in total. The van der Waals surface area contributed by atoms with Crippen LogP contribution in [0.1, 0.15) is 30.5 Å². The Morgan fingerprint density at radius 1 is 1.00 bits per heavy atom. The number of nitrogens with one attached hydrogen (secondary N) is 1. The van der Waals surface area contributed by atoms with Crippen molar-refractivity contribution in [3.63, 3.8) is 0 Å². The predicted octanol–water partition coefficient (Wildman–Crippen LogP) is 4.75. The van der Waals surface area contributed by atoms with Gasteiger partial charge in [-0.2, -0.15) is 0 Å². The second kappa shape index (κ2) is 6.35. The molecular weight excluding hydrogens is 268 g/mol. The molecule has 0 unspecified atom stereocenters. The Bertz CT molecular complexity index is 625. The van der Waals surface area contributed by atoms with Gasteiger partial charge in [-0.3, -0.25) is 0 Å². The maximum atomic E-state index is 14.2. The average molecular weight is 289 g/mol. The van der Waals surface area contributed by atoms with Gasteiger partial charge in [0.25, 0.3) is 0 Å². The van der Waals surface area contributed by atoms with E-state index in [1.54, 1.807) is 12.1 Å². The number of hydrogen-bond donors (Lipinski definition) is 1. The van der Waals surface area contributed by atoms with Crippen molar-refractivity contribution in [3.8, 4) is 11.1 Å². The zero-order valence-corrected chi connectivity index (χ0v) is 12.9. The Morgan fingerprint density at radius 3 is 2.29 bits per heavy atom. The third-order valence-electron chi connectivity index (χ3n) is 3.47. The Kier molecular flexibility index (Phi) is 4.73. The lowest BCUT2D eigenvalue weighted by Crippen LogP contribution is -2.22. The largest absolute Gasteiger partial charge is 0.310 e. The number of halogens is 2. The van der Waals surface area contributed by atoms with Gasteiger partial charge in [-0.25, -0.2) is 8.78 Å². The van der Waals surface area contributed by atoms with Crippen molar-refractivity contribution in [1.82, 2.24) is 5.32 Å². The van der Waals surface area contributed by atoms with Gasteiger partial charge in [-0.05, 0) is 42.7 Å². The Morgan fingerprint density at radius 2 is 1.71 bits per heavy atom. The van der Waals surface area contributed by atoms with E-state index in [1.807, 2.05) is 33.8 Å². The van der Waals surface area contributed by atoms with Crippen molar-refractivity contribution in [2.75, 3.05) is 0 Å². The van der Waals surface area contributed by atoms with Crippen molar-refractivity contribution in [2.45, 2.75) is 40.3 Å². The van der Waals surface area contributed by atoms with Gasteiger partial charge in [0.15, 0.2) is 0 Å². The first kappa shape index (κ1) is 15.6. The summed E-state index contributed by atoms with van der Waals surface area (Å²) in [6.45, 7) is 8.19. The lowest BCUT2D eigenvalue weighted by Gasteiger charge is -2.12. The Hall–Kier alpha value is -1.74. The molecule has 112 valence electrons. The van der Waals surface area contributed by atoms with Crippen LogP contribution < -0.4 is 5.32 Å². The minimum atomic E-state index is -0.306. The molecule has 2 rings (SSSR count). The third kappa shape index (κ3) is 3.67. The lowest BCUT2D eigenvalue weighted by molar-refractivity contribution is 0.553. The highest BCUT2D eigenvalue weighted by molar-refractivity contribution is 5.68. The summed E-state index contributed by atoms with van der Waals surface area (Å²) >= 11 is 0. The summed E-state index contributed by atoms with van der Waals surface area (Å²) in [5.41, 5.74) is 3.34. The zero-order chi connectivity index (χ0) is 15.6. The Balaban J connectivity index is 2.36. The molecule has 0 radical (unpaired) electrons. The number of rotatable bonds is 4. The smallest absolute Gasteiger partial charge is 0.131 e. The molecular formula is C18H21F2N. The van der Waals surface area contributed by atoms with Crippen LogP contribution in [0.2, 0.25) is 0 Å². The molecule has 0 fully saturated rings. The maximum absolute atomic E-state index is 14.2. The van der Waals surface area contributed by atoms with Crippen molar-refractivity contribution in [2.24, 2.45) is 0 Å². The van der Waals surface area contributed by atoms with Crippen LogP contribution in [0.15, 0.2) is 30.3 Å². The van der Waals surface area contributed by atoms with Crippen molar-refractivity contribution in [1.29, 1.82) is 0 Å². The SMILES string of the molecule is Cc1cc(C)c(-c2ccc(CNC(C)C)c(F)c2)c(F)c1. The quantitative estimate of drug-likeness (QED) is 0.856. The molecule has 0 atom stereocenters. The van der Waals surface area contributed by atoms with Crippen molar-refractivity contribution >= 4 is 0 Å². The normalized spacial score (nSPS) is 11.2. The van der Waals surface area contributed by atoms with Crippen LogP contribution in [0.3, 0.4) is 0 Å². The first-order chi connectivity index (χ1) is 9.88. The first-order valence-corrected chi connectivity index (χ1v) is 7.17. The summed E-state index contributed by atoms with van der Waals surface area (Å²) in [6, 6.07) is 8.60.